The molecular formula is C18H31N7. The lowest BCUT2D eigenvalue weighted by atomic mass is 10.1. The summed E-state index contributed by atoms with van der Waals surface area (Å²) in [5.74, 6) is 1.32. The van der Waals surface area contributed by atoms with Crippen molar-refractivity contribution in [2.24, 2.45) is 19.1 Å². The first kappa shape index (κ1) is 19.0. The van der Waals surface area contributed by atoms with E-state index in [1.807, 2.05) is 36.7 Å². The summed E-state index contributed by atoms with van der Waals surface area (Å²) < 4.78 is 3.73. The molecule has 7 heteroatoms. The van der Waals surface area contributed by atoms with Crippen LogP contribution < -0.4 is 5.32 Å². The number of aryl methyl sites for hydroxylation is 3. The van der Waals surface area contributed by atoms with Gasteiger partial charge in [-0.05, 0) is 24.3 Å². The van der Waals surface area contributed by atoms with Gasteiger partial charge in [-0.1, -0.05) is 13.8 Å². The lowest BCUT2D eigenvalue weighted by Gasteiger charge is -2.22. The van der Waals surface area contributed by atoms with Crippen LogP contribution in [0.25, 0.3) is 0 Å². The fraction of sp³-hybridized carbons (Fsp3) is 0.611. The van der Waals surface area contributed by atoms with Gasteiger partial charge in [0.25, 0.3) is 0 Å². The summed E-state index contributed by atoms with van der Waals surface area (Å²) in [6, 6.07) is 0. The van der Waals surface area contributed by atoms with E-state index < -0.39 is 0 Å². The third kappa shape index (κ3) is 5.34. The summed E-state index contributed by atoms with van der Waals surface area (Å²) in [6.45, 7) is 6.04. The molecule has 0 aliphatic rings. The second kappa shape index (κ2) is 8.69. The highest BCUT2D eigenvalue weighted by molar-refractivity contribution is 5.79. The Bertz CT molecular complexity index is 696. The van der Waals surface area contributed by atoms with Gasteiger partial charge in [0.15, 0.2) is 5.96 Å². The van der Waals surface area contributed by atoms with Gasteiger partial charge in [0.1, 0.15) is 0 Å². The fourth-order valence-electron chi connectivity index (χ4n) is 2.97. The fourth-order valence-corrected chi connectivity index (χ4v) is 2.97. The average molecular weight is 345 g/mol. The van der Waals surface area contributed by atoms with E-state index in [9.17, 15) is 0 Å². The molecule has 0 aliphatic carbocycles. The molecule has 0 radical (unpaired) electrons. The van der Waals surface area contributed by atoms with E-state index >= 15 is 0 Å². The van der Waals surface area contributed by atoms with Gasteiger partial charge in [-0.3, -0.25) is 14.4 Å². The molecular weight excluding hydrogens is 314 g/mol. The van der Waals surface area contributed by atoms with Crippen LogP contribution in [0.2, 0.25) is 0 Å². The number of nitrogens with zero attached hydrogens (tertiary/aromatic N) is 6. The van der Waals surface area contributed by atoms with Crippen LogP contribution >= 0.6 is 0 Å². The second-order valence-electron chi connectivity index (χ2n) is 6.82. The molecule has 2 aromatic heterocycles. The Balaban J connectivity index is 1.85. The van der Waals surface area contributed by atoms with Crippen LogP contribution in [-0.2, 0) is 27.1 Å². The third-order valence-corrected chi connectivity index (χ3v) is 4.15. The van der Waals surface area contributed by atoms with Gasteiger partial charge in [-0.15, -0.1) is 0 Å². The number of hydrogen-bond donors (Lipinski definition) is 1. The molecule has 2 rings (SSSR count). The Hall–Kier alpha value is -2.31. The largest absolute Gasteiger partial charge is 0.356 e. The first-order chi connectivity index (χ1) is 11.9. The molecule has 0 fully saturated rings. The molecule has 138 valence electrons. The van der Waals surface area contributed by atoms with Crippen molar-refractivity contribution in [3.05, 3.63) is 35.4 Å². The molecule has 7 nitrogen and oxygen atoms in total. The molecule has 2 heterocycles. The highest BCUT2D eigenvalue weighted by Gasteiger charge is 2.14. The molecule has 2 aromatic rings. The standard InChI is InChI=1S/C18H31N7/c1-14(2)17-16(13-25(6)22-17)12-23(4)18(19-3)20-9-7-8-15-10-21-24(5)11-15/h10-11,13-14H,7-9,12H2,1-6H3,(H,19,20). The van der Waals surface area contributed by atoms with Crippen LogP contribution in [0.15, 0.2) is 23.6 Å². The highest BCUT2D eigenvalue weighted by atomic mass is 15.3. The third-order valence-electron chi connectivity index (χ3n) is 4.15. The molecule has 0 aromatic carbocycles. The van der Waals surface area contributed by atoms with E-state index in [0.29, 0.717) is 5.92 Å². The zero-order chi connectivity index (χ0) is 18.4. The SMILES string of the molecule is CN=C(NCCCc1cnn(C)c1)N(C)Cc1cn(C)nc1C(C)C. The number of hydrogen-bond acceptors (Lipinski definition) is 3. The summed E-state index contributed by atoms with van der Waals surface area (Å²) in [4.78, 5) is 6.55. The predicted molar refractivity (Wildman–Crippen MR) is 102 cm³/mol. The smallest absolute Gasteiger partial charge is 0.193 e. The maximum absolute atomic E-state index is 4.58. The lowest BCUT2D eigenvalue weighted by Crippen LogP contribution is -2.39. The molecule has 0 unspecified atom stereocenters. The topological polar surface area (TPSA) is 63.3 Å². The highest BCUT2D eigenvalue weighted by Crippen LogP contribution is 2.18. The Morgan fingerprint density at radius 2 is 2.04 bits per heavy atom. The zero-order valence-electron chi connectivity index (χ0n) is 16.3. The summed E-state index contributed by atoms with van der Waals surface area (Å²) >= 11 is 0. The Morgan fingerprint density at radius 3 is 2.64 bits per heavy atom. The van der Waals surface area contributed by atoms with Crippen LogP contribution in [0.3, 0.4) is 0 Å². The molecule has 0 saturated heterocycles. The molecule has 0 spiro atoms. The van der Waals surface area contributed by atoms with Crippen molar-refractivity contribution < 1.29 is 0 Å². The summed E-state index contributed by atoms with van der Waals surface area (Å²) in [6.07, 6.45) is 8.15. The first-order valence-electron chi connectivity index (χ1n) is 8.82. The van der Waals surface area contributed by atoms with Crippen molar-refractivity contribution in [1.29, 1.82) is 0 Å². The molecule has 0 bridgehead atoms. The van der Waals surface area contributed by atoms with Crippen LogP contribution in [0.4, 0.5) is 0 Å². The molecule has 25 heavy (non-hydrogen) atoms. The molecule has 0 saturated carbocycles. The number of nitrogens with one attached hydrogen (secondary N) is 1. The van der Waals surface area contributed by atoms with Gasteiger partial charge < -0.3 is 10.2 Å². The van der Waals surface area contributed by atoms with Gasteiger partial charge in [0.2, 0.25) is 0 Å². The summed E-state index contributed by atoms with van der Waals surface area (Å²) in [7, 11) is 7.81. The van der Waals surface area contributed by atoms with Crippen molar-refractivity contribution in [2.75, 3.05) is 20.6 Å². The lowest BCUT2D eigenvalue weighted by molar-refractivity contribution is 0.472. The van der Waals surface area contributed by atoms with E-state index in [-0.39, 0.29) is 0 Å². The maximum Gasteiger partial charge on any atom is 0.193 e. The molecule has 0 amide bonds. The quantitative estimate of drug-likeness (QED) is 0.473. The number of guanidine groups is 1. The number of rotatable bonds is 7. The van der Waals surface area contributed by atoms with Crippen molar-refractivity contribution in [3.8, 4) is 0 Å². The van der Waals surface area contributed by atoms with Crippen molar-refractivity contribution in [3.63, 3.8) is 0 Å². The predicted octanol–water partition coefficient (Wildman–Crippen LogP) is 1.92. The van der Waals surface area contributed by atoms with Crippen LogP contribution in [-0.4, -0.2) is 51.1 Å². The van der Waals surface area contributed by atoms with Gasteiger partial charge in [0, 0.05) is 59.2 Å². The minimum Gasteiger partial charge on any atom is -0.356 e. The summed E-state index contributed by atoms with van der Waals surface area (Å²) in [5.41, 5.74) is 3.67. The van der Waals surface area contributed by atoms with Crippen molar-refractivity contribution in [2.45, 2.75) is 39.2 Å². The first-order valence-corrected chi connectivity index (χ1v) is 8.82. The van der Waals surface area contributed by atoms with Gasteiger partial charge in [-0.2, -0.15) is 10.2 Å². The van der Waals surface area contributed by atoms with E-state index in [0.717, 1.165) is 37.6 Å². The molecule has 1 N–H and O–H groups in total. The van der Waals surface area contributed by atoms with Crippen LogP contribution in [0.5, 0.6) is 0 Å². The van der Waals surface area contributed by atoms with Gasteiger partial charge >= 0.3 is 0 Å². The number of aromatic nitrogens is 4. The van der Waals surface area contributed by atoms with Crippen LogP contribution in [0, 0.1) is 0 Å². The van der Waals surface area contributed by atoms with E-state index in [1.165, 1.54) is 11.1 Å². The zero-order valence-corrected chi connectivity index (χ0v) is 16.3. The normalized spacial score (nSPS) is 12.0. The minimum atomic E-state index is 0.416. The Kier molecular flexibility index (Phi) is 6.61. The molecule has 0 atom stereocenters. The van der Waals surface area contributed by atoms with Crippen molar-refractivity contribution >= 4 is 5.96 Å². The van der Waals surface area contributed by atoms with Gasteiger partial charge in [-0.25, -0.2) is 0 Å². The second-order valence-corrected chi connectivity index (χ2v) is 6.82. The van der Waals surface area contributed by atoms with E-state index in [1.54, 1.807) is 0 Å². The van der Waals surface area contributed by atoms with Crippen molar-refractivity contribution in [1.82, 2.24) is 29.8 Å². The molecule has 0 aliphatic heterocycles. The van der Waals surface area contributed by atoms with Crippen LogP contribution in [0.1, 0.15) is 43.0 Å². The average Bonchev–Trinajstić information content (AvgIpc) is 3.13. The monoisotopic (exact) mass is 345 g/mol. The summed E-state index contributed by atoms with van der Waals surface area (Å²) in [5, 5.41) is 12.2. The minimum absolute atomic E-state index is 0.416. The van der Waals surface area contributed by atoms with E-state index in [4.69, 9.17) is 0 Å². The van der Waals surface area contributed by atoms with E-state index in [2.05, 4.69) is 58.7 Å². The number of aliphatic imine (C=N–C) groups is 1. The van der Waals surface area contributed by atoms with Gasteiger partial charge in [0.05, 0.1) is 11.9 Å². The Labute approximate surface area is 150 Å². The Morgan fingerprint density at radius 1 is 1.28 bits per heavy atom. The maximum atomic E-state index is 4.58.